The van der Waals surface area contributed by atoms with E-state index in [2.05, 4.69) is 23.3 Å². The molecule has 2 aliphatic rings. The molecule has 2 fully saturated rings. The average molecular weight is 327 g/mol. The zero-order valence-corrected chi connectivity index (χ0v) is 13.8. The van der Waals surface area contributed by atoms with E-state index in [9.17, 15) is 4.79 Å². The van der Waals surface area contributed by atoms with Gasteiger partial charge in [-0.15, -0.1) is 30.3 Å². The minimum absolute atomic E-state index is 0. The lowest BCUT2D eigenvalue weighted by Gasteiger charge is -2.26. The number of carbonyl (C=O) groups excluding carboxylic acids is 1. The summed E-state index contributed by atoms with van der Waals surface area (Å²) in [5.74, 6) is 0.588. The normalized spacial score (nSPS) is 22.4. The second kappa shape index (κ2) is 6.95. The van der Waals surface area contributed by atoms with E-state index in [1.165, 1.54) is 4.88 Å². The maximum Gasteiger partial charge on any atom is 0.226 e. The first-order valence-electron chi connectivity index (χ1n) is 7.38. The summed E-state index contributed by atoms with van der Waals surface area (Å²) in [6.45, 7) is 7.31. The summed E-state index contributed by atoms with van der Waals surface area (Å²) in [5, 5.41) is 5.46. The van der Waals surface area contributed by atoms with E-state index in [0.29, 0.717) is 17.9 Å². The van der Waals surface area contributed by atoms with E-state index in [0.717, 1.165) is 38.9 Å². The fraction of sp³-hybridized carbons (Fsp3) is 0.562. The molecule has 1 spiro atoms. The van der Waals surface area contributed by atoms with Crippen molar-refractivity contribution in [3.8, 4) is 0 Å². The smallest absolute Gasteiger partial charge is 0.226 e. The summed E-state index contributed by atoms with van der Waals surface area (Å²) in [6.07, 6.45) is 5.24. The molecule has 1 atom stereocenters. The Balaban J connectivity index is 0.00000161. The van der Waals surface area contributed by atoms with E-state index in [1.807, 2.05) is 17.0 Å². The van der Waals surface area contributed by atoms with Gasteiger partial charge in [-0.2, -0.15) is 0 Å². The molecule has 1 aromatic rings. The molecular weight excluding hydrogens is 304 g/mol. The summed E-state index contributed by atoms with van der Waals surface area (Å²) >= 11 is 1.72. The highest BCUT2D eigenvalue weighted by Gasteiger charge is 2.58. The number of thiophene rings is 1. The van der Waals surface area contributed by atoms with Crippen LogP contribution in [-0.2, 0) is 11.3 Å². The van der Waals surface area contributed by atoms with Crippen molar-refractivity contribution in [2.45, 2.75) is 25.8 Å². The van der Waals surface area contributed by atoms with E-state index in [1.54, 1.807) is 11.3 Å². The Labute approximate surface area is 136 Å². The van der Waals surface area contributed by atoms with Gasteiger partial charge < -0.3 is 10.2 Å². The molecule has 1 aliphatic carbocycles. The Bertz CT molecular complexity index is 482. The molecule has 2 heterocycles. The molecule has 3 nitrogen and oxygen atoms in total. The van der Waals surface area contributed by atoms with Crippen LogP contribution in [0, 0.1) is 11.3 Å². The monoisotopic (exact) mass is 326 g/mol. The van der Waals surface area contributed by atoms with Crippen molar-refractivity contribution in [1.29, 1.82) is 0 Å². The molecule has 1 unspecified atom stereocenters. The molecule has 1 aromatic heterocycles. The Kier molecular flexibility index (Phi) is 5.47. The van der Waals surface area contributed by atoms with Crippen molar-refractivity contribution >= 4 is 29.7 Å². The lowest BCUT2D eigenvalue weighted by molar-refractivity contribution is -0.133. The van der Waals surface area contributed by atoms with Crippen LogP contribution in [0.4, 0.5) is 0 Å². The first-order chi connectivity index (χ1) is 9.75. The molecule has 21 heavy (non-hydrogen) atoms. The number of hydrogen-bond donors (Lipinski definition) is 1. The van der Waals surface area contributed by atoms with Crippen LogP contribution in [0.15, 0.2) is 30.2 Å². The van der Waals surface area contributed by atoms with Crippen LogP contribution in [0.1, 0.15) is 24.1 Å². The van der Waals surface area contributed by atoms with Gasteiger partial charge in [0.05, 0.1) is 6.54 Å². The third-order valence-electron chi connectivity index (χ3n) is 4.68. The molecule has 5 heteroatoms. The van der Waals surface area contributed by atoms with Crippen LogP contribution >= 0.6 is 23.7 Å². The highest BCUT2D eigenvalue weighted by atomic mass is 35.5. The van der Waals surface area contributed by atoms with Gasteiger partial charge in [0.15, 0.2) is 0 Å². The van der Waals surface area contributed by atoms with Gasteiger partial charge in [0.2, 0.25) is 5.91 Å². The van der Waals surface area contributed by atoms with Crippen LogP contribution in [0.3, 0.4) is 0 Å². The molecule has 116 valence electrons. The molecule has 1 aliphatic heterocycles. The lowest BCUT2D eigenvalue weighted by atomic mass is 9.91. The van der Waals surface area contributed by atoms with Crippen LogP contribution in [0.25, 0.3) is 0 Å². The SMILES string of the molecule is C=CCN(Cc1cccs1)C(=O)C1CC12CCNCC2.Cl. The lowest BCUT2D eigenvalue weighted by Crippen LogP contribution is -2.36. The highest BCUT2D eigenvalue weighted by Crippen LogP contribution is 2.59. The van der Waals surface area contributed by atoms with E-state index in [-0.39, 0.29) is 18.3 Å². The maximum absolute atomic E-state index is 12.8. The molecule has 1 saturated carbocycles. The summed E-state index contributed by atoms with van der Waals surface area (Å²) < 4.78 is 0. The molecule has 3 rings (SSSR count). The van der Waals surface area contributed by atoms with E-state index in [4.69, 9.17) is 0 Å². The molecular formula is C16H23ClN2OS. The van der Waals surface area contributed by atoms with Gasteiger partial charge in [-0.3, -0.25) is 4.79 Å². The Morgan fingerprint density at radius 1 is 1.52 bits per heavy atom. The van der Waals surface area contributed by atoms with Crippen molar-refractivity contribution in [1.82, 2.24) is 10.2 Å². The fourth-order valence-electron chi connectivity index (χ4n) is 3.37. The van der Waals surface area contributed by atoms with Crippen molar-refractivity contribution in [3.05, 3.63) is 35.0 Å². The van der Waals surface area contributed by atoms with Gasteiger partial charge in [-0.25, -0.2) is 0 Å². The number of nitrogens with zero attached hydrogens (tertiary/aromatic N) is 1. The largest absolute Gasteiger partial charge is 0.334 e. The number of nitrogens with one attached hydrogen (secondary N) is 1. The first kappa shape index (κ1) is 16.5. The minimum atomic E-state index is 0. The number of amides is 1. The predicted octanol–water partition coefficient (Wildman–Crippen LogP) is 3.07. The van der Waals surface area contributed by atoms with Gasteiger partial charge in [0, 0.05) is 17.3 Å². The van der Waals surface area contributed by atoms with Crippen molar-refractivity contribution in [2.75, 3.05) is 19.6 Å². The topological polar surface area (TPSA) is 32.3 Å². The number of carbonyl (C=O) groups is 1. The van der Waals surface area contributed by atoms with Gasteiger partial charge in [-0.05, 0) is 49.2 Å². The zero-order chi connectivity index (χ0) is 14.0. The minimum Gasteiger partial charge on any atom is -0.334 e. The highest BCUT2D eigenvalue weighted by molar-refractivity contribution is 7.09. The third-order valence-corrected chi connectivity index (χ3v) is 5.54. The standard InChI is InChI=1S/C16H22N2OS.ClH/c1-2-9-18(12-13-4-3-10-20-13)15(19)14-11-16(14)5-7-17-8-6-16;/h2-4,10,14,17H,1,5-9,11-12H2;1H. The Hall–Kier alpha value is -0.840. The average Bonchev–Trinajstić information content (AvgIpc) is 2.91. The molecule has 0 aromatic carbocycles. The van der Waals surface area contributed by atoms with E-state index >= 15 is 0 Å². The molecule has 0 bridgehead atoms. The molecule has 1 saturated heterocycles. The van der Waals surface area contributed by atoms with Gasteiger partial charge in [0.25, 0.3) is 0 Å². The van der Waals surface area contributed by atoms with Crippen LogP contribution in [0.5, 0.6) is 0 Å². The van der Waals surface area contributed by atoms with Crippen molar-refractivity contribution in [2.24, 2.45) is 11.3 Å². The number of halogens is 1. The van der Waals surface area contributed by atoms with Gasteiger partial charge in [-0.1, -0.05) is 12.1 Å². The zero-order valence-electron chi connectivity index (χ0n) is 12.2. The van der Waals surface area contributed by atoms with Gasteiger partial charge >= 0.3 is 0 Å². The summed E-state index contributed by atoms with van der Waals surface area (Å²) in [4.78, 5) is 16.0. The second-order valence-electron chi connectivity index (χ2n) is 5.96. The number of piperidine rings is 1. The summed E-state index contributed by atoms with van der Waals surface area (Å²) in [5.41, 5.74) is 0.317. The van der Waals surface area contributed by atoms with Crippen molar-refractivity contribution < 1.29 is 4.79 Å². The van der Waals surface area contributed by atoms with Crippen LogP contribution in [0.2, 0.25) is 0 Å². The van der Waals surface area contributed by atoms with Crippen LogP contribution < -0.4 is 5.32 Å². The first-order valence-corrected chi connectivity index (χ1v) is 8.26. The van der Waals surface area contributed by atoms with Crippen molar-refractivity contribution in [3.63, 3.8) is 0 Å². The molecule has 0 radical (unpaired) electrons. The summed E-state index contributed by atoms with van der Waals surface area (Å²) in [7, 11) is 0. The quantitative estimate of drug-likeness (QED) is 0.843. The summed E-state index contributed by atoms with van der Waals surface area (Å²) in [6, 6.07) is 4.14. The Morgan fingerprint density at radius 3 is 2.90 bits per heavy atom. The molecule has 1 amide bonds. The number of hydrogen-bond acceptors (Lipinski definition) is 3. The maximum atomic E-state index is 12.8. The molecule has 1 N–H and O–H groups in total. The second-order valence-corrected chi connectivity index (χ2v) is 6.99. The number of rotatable bonds is 5. The fourth-order valence-corrected chi connectivity index (χ4v) is 4.09. The predicted molar refractivity (Wildman–Crippen MR) is 89.8 cm³/mol. The van der Waals surface area contributed by atoms with Gasteiger partial charge in [0.1, 0.15) is 0 Å². The third kappa shape index (κ3) is 3.50. The van der Waals surface area contributed by atoms with Crippen LogP contribution in [-0.4, -0.2) is 30.4 Å². The Morgan fingerprint density at radius 2 is 2.29 bits per heavy atom. The van der Waals surface area contributed by atoms with E-state index < -0.39 is 0 Å².